The minimum atomic E-state index is -0.925. The van der Waals surface area contributed by atoms with E-state index in [2.05, 4.69) is 35.5 Å². The number of alkyl halides is 1. The SMILES string of the molecule is CCCC1(CN2CC3(CCC(F)(CN4CCN(C(C)C)CC4)CC3)C2)CC1. The predicted molar refractivity (Wildman–Crippen MR) is 111 cm³/mol. The van der Waals surface area contributed by atoms with Crippen molar-refractivity contribution in [2.24, 2.45) is 10.8 Å². The molecule has 0 aromatic rings. The van der Waals surface area contributed by atoms with Crippen LogP contribution in [0.2, 0.25) is 0 Å². The monoisotopic (exact) mass is 379 g/mol. The molecule has 2 aliphatic carbocycles. The molecule has 0 bridgehead atoms. The molecule has 4 heteroatoms. The number of hydrogen-bond donors (Lipinski definition) is 0. The van der Waals surface area contributed by atoms with Crippen molar-refractivity contribution in [1.82, 2.24) is 14.7 Å². The predicted octanol–water partition coefficient (Wildman–Crippen LogP) is 4.18. The number of hydrogen-bond acceptors (Lipinski definition) is 3. The fourth-order valence-corrected chi connectivity index (χ4v) is 6.22. The van der Waals surface area contributed by atoms with E-state index >= 15 is 4.39 Å². The van der Waals surface area contributed by atoms with E-state index in [1.807, 2.05) is 0 Å². The minimum Gasteiger partial charge on any atom is -0.302 e. The number of nitrogens with zero attached hydrogens (tertiary/aromatic N) is 3. The van der Waals surface area contributed by atoms with Crippen LogP contribution < -0.4 is 0 Å². The van der Waals surface area contributed by atoms with Crippen molar-refractivity contribution in [2.75, 3.05) is 52.4 Å². The summed E-state index contributed by atoms with van der Waals surface area (Å²) in [4.78, 5) is 7.61. The molecular formula is C23H42FN3. The van der Waals surface area contributed by atoms with Crippen LogP contribution >= 0.6 is 0 Å². The van der Waals surface area contributed by atoms with E-state index in [1.54, 1.807) is 0 Å². The van der Waals surface area contributed by atoms with Crippen LogP contribution in [0.1, 0.15) is 72.1 Å². The van der Waals surface area contributed by atoms with Gasteiger partial charge in [0, 0.05) is 58.4 Å². The molecule has 2 heterocycles. The Morgan fingerprint density at radius 2 is 1.44 bits per heavy atom. The Morgan fingerprint density at radius 1 is 0.815 bits per heavy atom. The normalized spacial score (nSPS) is 30.6. The topological polar surface area (TPSA) is 9.72 Å². The zero-order valence-corrected chi connectivity index (χ0v) is 18.1. The summed E-state index contributed by atoms with van der Waals surface area (Å²) >= 11 is 0. The largest absolute Gasteiger partial charge is 0.302 e. The summed E-state index contributed by atoms with van der Waals surface area (Å²) in [7, 11) is 0. The molecule has 0 unspecified atom stereocenters. The summed E-state index contributed by atoms with van der Waals surface area (Å²) in [5.41, 5.74) is 0.215. The van der Waals surface area contributed by atoms with Crippen LogP contribution in [0.5, 0.6) is 0 Å². The molecule has 2 saturated carbocycles. The Bertz CT molecular complexity index is 492. The fourth-order valence-electron chi connectivity index (χ4n) is 6.22. The van der Waals surface area contributed by atoms with Gasteiger partial charge in [-0.15, -0.1) is 0 Å². The maximum Gasteiger partial charge on any atom is 0.123 e. The Morgan fingerprint density at radius 3 is 1.96 bits per heavy atom. The molecule has 0 radical (unpaired) electrons. The van der Waals surface area contributed by atoms with Crippen LogP contribution in [0.4, 0.5) is 4.39 Å². The lowest BCUT2D eigenvalue weighted by atomic mass is 9.64. The molecule has 1 spiro atoms. The quantitative estimate of drug-likeness (QED) is 0.657. The first-order chi connectivity index (χ1) is 12.9. The summed E-state index contributed by atoms with van der Waals surface area (Å²) in [6.45, 7) is 15.7. The molecule has 4 fully saturated rings. The standard InChI is InChI=1S/C23H42FN3/c1-4-5-21(6-7-21)16-26-17-22(18-26)8-10-23(24,11-9-22)19-25-12-14-27(15-13-25)20(2)3/h20H,4-19H2,1-3H3. The van der Waals surface area contributed by atoms with Crippen LogP contribution in [-0.2, 0) is 0 Å². The van der Waals surface area contributed by atoms with E-state index < -0.39 is 5.67 Å². The van der Waals surface area contributed by atoms with Crippen LogP contribution in [0.3, 0.4) is 0 Å². The number of likely N-dealkylation sites (tertiary alicyclic amines) is 1. The molecule has 0 aromatic heterocycles. The van der Waals surface area contributed by atoms with Gasteiger partial charge in [-0.25, -0.2) is 4.39 Å². The van der Waals surface area contributed by atoms with Crippen molar-refractivity contribution in [3.8, 4) is 0 Å². The van der Waals surface area contributed by atoms with Gasteiger partial charge >= 0.3 is 0 Å². The van der Waals surface area contributed by atoms with E-state index in [4.69, 9.17) is 0 Å². The summed E-state index contributed by atoms with van der Waals surface area (Å²) in [5.74, 6) is 0. The van der Waals surface area contributed by atoms with Gasteiger partial charge in [-0.1, -0.05) is 13.3 Å². The van der Waals surface area contributed by atoms with Gasteiger partial charge < -0.3 is 4.90 Å². The highest BCUT2D eigenvalue weighted by Crippen LogP contribution is 2.54. The number of halogens is 1. The molecule has 4 rings (SSSR count). The first kappa shape index (κ1) is 20.1. The number of rotatable bonds is 7. The van der Waals surface area contributed by atoms with Gasteiger partial charge in [0.2, 0.25) is 0 Å². The zero-order valence-electron chi connectivity index (χ0n) is 18.1. The summed E-state index contributed by atoms with van der Waals surface area (Å²) in [6, 6.07) is 0.620. The van der Waals surface area contributed by atoms with Crippen LogP contribution in [0.25, 0.3) is 0 Å². The average molecular weight is 380 g/mol. The molecular weight excluding hydrogens is 337 g/mol. The highest BCUT2D eigenvalue weighted by atomic mass is 19.1. The van der Waals surface area contributed by atoms with Gasteiger partial charge in [-0.05, 0) is 69.6 Å². The lowest BCUT2D eigenvalue weighted by molar-refractivity contribution is -0.0810. The lowest BCUT2D eigenvalue weighted by Crippen LogP contribution is -2.61. The smallest absolute Gasteiger partial charge is 0.123 e. The third-order valence-electron chi connectivity index (χ3n) is 8.27. The highest BCUT2D eigenvalue weighted by molar-refractivity contribution is 5.05. The molecule has 0 atom stereocenters. The highest BCUT2D eigenvalue weighted by Gasteiger charge is 2.52. The zero-order chi connectivity index (χ0) is 19.1. The molecule has 156 valence electrons. The van der Waals surface area contributed by atoms with Crippen LogP contribution in [0, 0.1) is 10.8 Å². The van der Waals surface area contributed by atoms with Gasteiger partial charge in [0.25, 0.3) is 0 Å². The van der Waals surface area contributed by atoms with E-state index in [1.165, 1.54) is 45.3 Å². The fraction of sp³-hybridized carbons (Fsp3) is 1.00. The molecule has 0 aromatic carbocycles. The third kappa shape index (κ3) is 4.53. The first-order valence-electron chi connectivity index (χ1n) is 11.7. The summed E-state index contributed by atoms with van der Waals surface area (Å²) in [6.07, 6.45) is 9.46. The summed E-state index contributed by atoms with van der Waals surface area (Å²) in [5, 5.41) is 0. The van der Waals surface area contributed by atoms with Crippen molar-refractivity contribution < 1.29 is 4.39 Å². The van der Waals surface area contributed by atoms with E-state index in [0.29, 0.717) is 23.4 Å². The Hall–Kier alpha value is -0.190. The minimum absolute atomic E-state index is 0.466. The molecule has 0 amide bonds. The van der Waals surface area contributed by atoms with Crippen molar-refractivity contribution in [3.05, 3.63) is 0 Å². The third-order valence-corrected chi connectivity index (χ3v) is 8.27. The van der Waals surface area contributed by atoms with Crippen LogP contribution in [-0.4, -0.2) is 78.8 Å². The Balaban J connectivity index is 1.19. The van der Waals surface area contributed by atoms with E-state index in [0.717, 1.165) is 51.9 Å². The summed E-state index contributed by atoms with van der Waals surface area (Å²) < 4.78 is 15.5. The second kappa shape index (κ2) is 7.57. The average Bonchev–Trinajstić information content (AvgIpc) is 3.36. The molecule has 2 saturated heterocycles. The second-order valence-corrected chi connectivity index (χ2v) is 11.0. The molecule has 3 nitrogen and oxygen atoms in total. The van der Waals surface area contributed by atoms with E-state index in [9.17, 15) is 0 Å². The second-order valence-electron chi connectivity index (χ2n) is 11.0. The van der Waals surface area contributed by atoms with Crippen molar-refractivity contribution in [3.63, 3.8) is 0 Å². The van der Waals surface area contributed by atoms with Gasteiger partial charge in [0.15, 0.2) is 0 Å². The lowest BCUT2D eigenvalue weighted by Gasteiger charge is -2.56. The first-order valence-corrected chi connectivity index (χ1v) is 11.7. The van der Waals surface area contributed by atoms with Crippen molar-refractivity contribution >= 4 is 0 Å². The van der Waals surface area contributed by atoms with Gasteiger partial charge in [-0.3, -0.25) is 9.80 Å². The van der Waals surface area contributed by atoms with Crippen molar-refractivity contribution in [2.45, 2.75) is 83.8 Å². The Kier molecular flexibility index (Phi) is 5.64. The molecule has 4 aliphatic rings. The van der Waals surface area contributed by atoms with Crippen molar-refractivity contribution in [1.29, 1.82) is 0 Å². The van der Waals surface area contributed by atoms with Gasteiger partial charge in [0.1, 0.15) is 5.67 Å². The maximum absolute atomic E-state index is 15.5. The van der Waals surface area contributed by atoms with Gasteiger partial charge in [-0.2, -0.15) is 0 Å². The molecule has 27 heavy (non-hydrogen) atoms. The van der Waals surface area contributed by atoms with Gasteiger partial charge in [0.05, 0.1) is 0 Å². The van der Waals surface area contributed by atoms with E-state index in [-0.39, 0.29) is 0 Å². The molecule has 0 N–H and O–H groups in total. The molecule has 2 aliphatic heterocycles. The van der Waals surface area contributed by atoms with Crippen LogP contribution in [0.15, 0.2) is 0 Å². The maximum atomic E-state index is 15.5. The Labute approximate surface area is 166 Å². The number of piperazine rings is 1.